The van der Waals surface area contributed by atoms with Crippen LogP contribution in [0.5, 0.6) is 0 Å². The third-order valence-corrected chi connectivity index (χ3v) is 2.89. The molecular weight excluding hydrogens is 232 g/mol. The first-order valence-electron chi connectivity index (χ1n) is 6.44. The summed E-state index contributed by atoms with van der Waals surface area (Å²) in [4.78, 5) is 1.95. The van der Waals surface area contributed by atoms with E-state index in [9.17, 15) is 5.11 Å². The van der Waals surface area contributed by atoms with E-state index in [0.717, 1.165) is 19.4 Å². The first-order valence-corrected chi connectivity index (χ1v) is 6.44. The third kappa shape index (κ3) is 3.68. The highest BCUT2D eigenvalue weighted by molar-refractivity contribution is 5.25. The second-order valence-corrected chi connectivity index (χ2v) is 5.82. The molecule has 0 radical (unpaired) electrons. The Hall–Kier alpha value is -1.14. The fourth-order valence-corrected chi connectivity index (χ4v) is 1.91. The molecule has 0 spiro atoms. The molecule has 1 aromatic rings. The number of rotatable bonds is 3. The number of aliphatic hydroxyl groups excluding tert-OH is 1. The zero-order valence-electron chi connectivity index (χ0n) is 11.3. The van der Waals surface area contributed by atoms with Gasteiger partial charge in [-0.3, -0.25) is 0 Å². The standard InChI is InChI=1S/C12H22N4O2/c1-12(2,3)13-7-10-14-15-11(18-10)16-6-4-5-9(17)8-16/h9,13,17H,4-8H2,1-3H3. The maximum absolute atomic E-state index is 9.61. The number of piperidine rings is 1. The fraction of sp³-hybridized carbons (Fsp3) is 0.833. The lowest BCUT2D eigenvalue weighted by atomic mass is 10.1. The van der Waals surface area contributed by atoms with E-state index in [1.54, 1.807) is 0 Å². The molecule has 1 atom stereocenters. The number of nitrogens with zero attached hydrogens (tertiary/aromatic N) is 3. The van der Waals surface area contributed by atoms with Crippen molar-refractivity contribution in [2.75, 3.05) is 18.0 Å². The first-order chi connectivity index (χ1) is 8.44. The molecule has 0 saturated carbocycles. The van der Waals surface area contributed by atoms with Gasteiger partial charge >= 0.3 is 6.01 Å². The van der Waals surface area contributed by atoms with E-state index in [-0.39, 0.29) is 11.6 Å². The smallest absolute Gasteiger partial charge is 0.318 e. The Kier molecular flexibility index (Phi) is 3.87. The van der Waals surface area contributed by atoms with E-state index >= 15 is 0 Å². The molecule has 0 aromatic carbocycles. The van der Waals surface area contributed by atoms with Crippen LogP contribution in [-0.4, -0.2) is 40.0 Å². The maximum Gasteiger partial charge on any atom is 0.318 e. The van der Waals surface area contributed by atoms with E-state index in [1.807, 2.05) is 4.90 Å². The Morgan fingerprint density at radius 3 is 2.89 bits per heavy atom. The molecule has 2 heterocycles. The van der Waals surface area contributed by atoms with Crippen LogP contribution >= 0.6 is 0 Å². The van der Waals surface area contributed by atoms with Crippen LogP contribution in [0.15, 0.2) is 4.42 Å². The lowest BCUT2D eigenvalue weighted by Gasteiger charge is -2.28. The SMILES string of the molecule is CC(C)(C)NCc1nnc(N2CCCC(O)C2)o1. The van der Waals surface area contributed by atoms with Crippen molar-refractivity contribution in [3.8, 4) is 0 Å². The quantitative estimate of drug-likeness (QED) is 0.835. The van der Waals surface area contributed by atoms with Crippen LogP contribution in [0.1, 0.15) is 39.5 Å². The van der Waals surface area contributed by atoms with Gasteiger partial charge in [-0.2, -0.15) is 0 Å². The van der Waals surface area contributed by atoms with Crippen LogP contribution in [0.4, 0.5) is 6.01 Å². The molecule has 1 unspecified atom stereocenters. The minimum Gasteiger partial charge on any atom is -0.407 e. The molecule has 1 aliphatic rings. The second kappa shape index (κ2) is 5.24. The number of anilines is 1. The first kappa shape index (κ1) is 13.3. The Labute approximate surface area is 107 Å². The summed E-state index contributed by atoms with van der Waals surface area (Å²) in [5.41, 5.74) is 0.0238. The molecule has 1 aromatic heterocycles. The predicted molar refractivity (Wildman–Crippen MR) is 68.3 cm³/mol. The van der Waals surface area contributed by atoms with Crippen LogP contribution in [0.25, 0.3) is 0 Å². The summed E-state index contributed by atoms with van der Waals surface area (Å²) >= 11 is 0. The monoisotopic (exact) mass is 254 g/mol. The number of β-amino-alcohol motifs (C(OH)–C–C–N with tert-alkyl or cyclic N) is 1. The van der Waals surface area contributed by atoms with Crippen LogP contribution < -0.4 is 10.2 Å². The van der Waals surface area contributed by atoms with E-state index < -0.39 is 0 Å². The molecule has 2 N–H and O–H groups in total. The molecular formula is C12H22N4O2. The summed E-state index contributed by atoms with van der Waals surface area (Å²) in [6.07, 6.45) is 1.52. The van der Waals surface area contributed by atoms with Gasteiger partial charge in [0.05, 0.1) is 12.6 Å². The molecule has 6 heteroatoms. The van der Waals surface area contributed by atoms with Crippen molar-refractivity contribution < 1.29 is 9.52 Å². The van der Waals surface area contributed by atoms with Crippen LogP contribution in [0, 0.1) is 0 Å². The average Bonchev–Trinajstić information content (AvgIpc) is 2.74. The lowest BCUT2D eigenvalue weighted by Crippen LogP contribution is -2.38. The normalized spacial score (nSPS) is 21.3. The summed E-state index contributed by atoms with van der Waals surface area (Å²) in [5.74, 6) is 0.583. The molecule has 0 bridgehead atoms. The molecule has 0 aliphatic carbocycles. The minimum atomic E-state index is -0.290. The van der Waals surface area contributed by atoms with Crippen LogP contribution in [-0.2, 0) is 6.54 Å². The van der Waals surface area contributed by atoms with Crippen LogP contribution in [0.3, 0.4) is 0 Å². The van der Waals surface area contributed by atoms with Gasteiger partial charge in [-0.1, -0.05) is 5.10 Å². The molecule has 1 aliphatic heterocycles. The molecule has 0 amide bonds. The van der Waals surface area contributed by atoms with E-state index in [4.69, 9.17) is 4.42 Å². The van der Waals surface area contributed by atoms with Gasteiger partial charge in [-0.25, -0.2) is 0 Å². The molecule has 18 heavy (non-hydrogen) atoms. The van der Waals surface area contributed by atoms with Crippen molar-refractivity contribution in [3.05, 3.63) is 5.89 Å². The Bertz CT molecular complexity index is 386. The van der Waals surface area contributed by atoms with Gasteiger partial charge in [-0.15, -0.1) is 5.10 Å². The summed E-state index contributed by atoms with van der Waals surface area (Å²) in [5, 5.41) is 21.0. The van der Waals surface area contributed by atoms with Gasteiger partial charge in [0, 0.05) is 18.6 Å². The Balaban J connectivity index is 1.93. The fourth-order valence-electron chi connectivity index (χ4n) is 1.91. The van der Waals surface area contributed by atoms with Gasteiger partial charge in [0.15, 0.2) is 0 Å². The van der Waals surface area contributed by atoms with Gasteiger partial charge in [0.2, 0.25) is 5.89 Å². The van der Waals surface area contributed by atoms with Gasteiger partial charge < -0.3 is 19.7 Å². The van der Waals surface area contributed by atoms with Crippen molar-refractivity contribution in [2.24, 2.45) is 0 Å². The van der Waals surface area contributed by atoms with Crippen LogP contribution in [0.2, 0.25) is 0 Å². The average molecular weight is 254 g/mol. The second-order valence-electron chi connectivity index (χ2n) is 5.82. The lowest BCUT2D eigenvalue weighted by molar-refractivity contribution is 0.151. The van der Waals surface area contributed by atoms with E-state index in [2.05, 4.69) is 36.3 Å². The predicted octanol–water partition coefficient (Wildman–Crippen LogP) is 0.919. The van der Waals surface area contributed by atoms with Crippen molar-refractivity contribution in [3.63, 3.8) is 0 Å². The zero-order chi connectivity index (χ0) is 13.2. The number of aromatic nitrogens is 2. The molecule has 1 fully saturated rings. The molecule has 6 nitrogen and oxygen atoms in total. The summed E-state index contributed by atoms with van der Waals surface area (Å²) in [6, 6.07) is 0.513. The molecule has 102 valence electrons. The van der Waals surface area contributed by atoms with Gasteiger partial charge in [0.1, 0.15) is 0 Å². The number of hydrogen-bond donors (Lipinski definition) is 2. The van der Waals surface area contributed by atoms with Crippen molar-refractivity contribution in [1.29, 1.82) is 0 Å². The highest BCUT2D eigenvalue weighted by Gasteiger charge is 2.22. The summed E-state index contributed by atoms with van der Waals surface area (Å²) in [6.45, 7) is 8.27. The Morgan fingerprint density at radius 2 is 2.22 bits per heavy atom. The number of hydrogen-bond acceptors (Lipinski definition) is 6. The topological polar surface area (TPSA) is 74.4 Å². The van der Waals surface area contributed by atoms with Gasteiger partial charge in [-0.05, 0) is 33.6 Å². The highest BCUT2D eigenvalue weighted by atomic mass is 16.4. The largest absolute Gasteiger partial charge is 0.407 e. The summed E-state index contributed by atoms with van der Waals surface area (Å²) < 4.78 is 5.60. The maximum atomic E-state index is 9.61. The zero-order valence-corrected chi connectivity index (χ0v) is 11.3. The van der Waals surface area contributed by atoms with Crippen molar-refractivity contribution in [1.82, 2.24) is 15.5 Å². The van der Waals surface area contributed by atoms with E-state index in [0.29, 0.717) is 25.0 Å². The molecule has 1 saturated heterocycles. The summed E-state index contributed by atoms with van der Waals surface area (Å²) in [7, 11) is 0. The molecule has 2 rings (SSSR count). The number of nitrogens with one attached hydrogen (secondary N) is 1. The highest BCUT2D eigenvalue weighted by Crippen LogP contribution is 2.18. The minimum absolute atomic E-state index is 0.0238. The Morgan fingerprint density at radius 1 is 1.44 bits per heavy atom. The number of aliphatic hydroxyl groups is 1. The third-order valence-electron chi connectivity index (χ3n) is 2.89. The van der Waals surface area contributed by atoms with Crippen molar-refractivity contribution >= 4 is 6.01 Å². The van der Waals surface area contributed by atoms with Crippen molar-refractivity contribution in [2.45, 2.75) is 51.8 Å². The van der Waals surface area contributed by atoms with Gasteiger partial charge in [0.25, 0.3) is 0 Å². The van der Waals surface area contributed by atoms with E-state index in [1.165, 1.54) is 0 Å².